The van der Waals surface area contributed by atoms with Crippen LogP contribution in [-0.4, -0.2) is 37.3 Å². The SMILES string of the molecule is CC(CO)CNCC(=O)NCCC#N. The van der Waals surface area contributed by atoms with Crippen LogP contribution in [0.2, 0.25) is 0 Å². The van der Waals surface area contributed by atoms with E-state index in [-0.39, 0.29) is 25.0 Å². The lowest BCUT2D eigenvalue weighted by Crippen LogP contribution is -2.36. The summed E-state index contributed by atoms with van der Waals surface area (Å²) in [5.74, 6) is 0.0345. The summed E-state index contributed by atoms with van der Waals surface area (Å²) in [6.45, 7) is 3.24. The minimum Gasteiger partial charge on any atom is -0.396 e. The fraction of sp³-hybridized carbons (Fsp3) is 0.778. The van der Waals surface area contributed by atoms with Crippen LogP contribution in [0.3, 0.4) is 0 Å². The van der Waals surface area contributed by atoms with E-state index in [0.717, 1.165) is 0 Å². The number of aliphatic hydroxyl groups excluding tert-OH is 1. The Hall–Kier alpha value is -1.12. The molecule has 0 aromatic rings. The molecule has 1 amide bonds. The molecule has 0 saturated carbocycles. The van der Waals surface area contributed by atoms with Gasteiger partial charge in [-0.05, 0) is 5.92 Å². The van der Waals surface area contributed by atoms with Crippen molar-refractivity contribution in [1.29, 1.82) is 5.26 Å². The van der Waals surface area contributed by atoms with Crippen molar-refractivity contribution in [3.8, 4) is 6.07 Å². The second kappa shape index (κ2) is 8.48. The molecule has 0 aliphatic heterocycles. The molecule has 0 radical (unpaired) electrons. The molecule has 5 heteroatoms. The third kappa shape index (κ3) is 7.53. The normalized spacial score (nSPS) is 11.8. The zero-order valence-corrected chi connectivity index (χ0v) is 8.42. The molecule has 3 N–H and O–H groups in total. The smallest absolute Gasteiger partial charge is 0.233 e. The maximum Gasteiger partial charge on any atom is 0.233 e. The Morgan fingerprint density at radius 2 is 2.36 bits per heavy atom. The molecule has 0 fully saturated rings. The number of carbonyl (C=O) groups excluding carboxylic acids is 1. The largest absolute Gasteiger partial charge is 0.396 e. The van der Waals surface area contributed by atoms with Crippen LogP contribution in [-0.2, 0) is 4.79 Å². The number of rotatable bonds is 7. The predicted octanol–water partition coefficient (Wildman–Crippen LogP) is -0.766. The van der Waals surface area contributed by atoms with Crippen molar-refractivity contribution in [2.45, 2.75) is 13.3 Å². The van der Waals surface area contributed by atoms with Gasteiger partial charge in [-0.25, -0.2) is 0 Å². The van der Waals surface area contributed by atoms with Crippen molar-refractivity contribution < 1.29 is 9.90 Å². The van der Waals surface area contributed by atoms with Gasteiger partial charge in [0.05, 0.1) is 19.0 Å². The average molecular weight is 199 g/mol. The molecule has 0 saturated heterocycles. The number of hydrogen-bond donors (Lipinski definition) is 3. The van der Waals surface area contributed by atoms with E-state index in [0.29, 0.717) is 19.5 Å². The summed E-state index contributed by atoms with van der Waals surface area (Å²) in [7, 11) is 0. The van der Waals surface area contributed by atoms with E-state index in [1.807, 2.05) is 13.0 Å². The van der Waals surface area contributed by atoms with Crippen molar-refractivity contribution in [1.82, 2.24) is 10.6 Å². The first-order valence-electron chi connectivity index (χ1n) is 4.66. The summed E-state index contributed by atoms with van der Waals surface area (Å²) in [6.07, 6.45) is 0.332. The van der Waals surface area contributed by atoms with Crippen molar-refractivity contribution in [2.75, 3.05) is 26.2 Å². The minimum atomic E-state index is -0.120. The third-order valence-corrected chi connectivity index (χ3v) is 1.65. The van der Waals surface area contributed by atoms with Crippen LogP contribution in [0, 0.1) is 17.2 Å². The van der Waals surface area contributed by atoms with Crippen LogP contribution in [0.4, 0.5) is 0 Å². The summed E-state index contributed by atoms with van der Waals surface area (Å²) in [6, 6.07) is 1.94. The van der Waals surface area contributed by atoms with Gasteiger partial charge >= 0.3 is 0 Å². The van der Waals surface area contributed by atoms with Gasteiger partial charge < -0.3 is 15.7 Å². The summed E-state index contributed by atoms with van der Waals surface area (Å²) in [5.41, 5.74) is 0. The Kier molecular flexibility index (Phi) is 7.80. The molecule has 0 aromatic heterocycles. The third-order valence-electron chi connectivity index (χ3n) is 1.65. The summed E-state index contributed by atoms with van der Waals surface area (Å²) in [5, 5.41) is 22.4. The van der Waals surface area contributed by atoms with Crippen molar-refractivity contribution in [3.05, 3.63) is 0 Å². The van der Waals surface area contributed by atoms with Crippen LogP contribution in [0.5, 0.6) is 0 Å². The number of amides is 1. The van der Waals surface area contributed by atoms with Crippen LogP contribution >= 0.6 is 0 Å². The van der Waals surface area contributed by atoms with Crippen LogP contribution in [0.25, 0.3) is 0 Å². The summed E-state index contributed by atoms with van der Waals surface area (Å²) in [4.78, 5) is 11.0. The molecule has 0 rings (SSSR count). The van der Waals surface area contributed by atoms with Gasteiger partial charge in [0, 0.05) is 19.7 Å². The standard InChI is InChI=1S/C9H17N3O2/c1-8(7-13)5-11-6-9(14)12-4-2-3-10/h8,11,13H,2,4-7H2,1H3,(H,12,14). The molecule has 0 aliphatic carbocycles. The minimum absolute atomic E-state index is 0.114. The lowest BCUT2D eigenvalue weighted by atomic mass is 10.2. The molecule has 0 aromatic carbocycles. The van der Waals surface area contributed by atoms with Crippen LogP contribution in [0.15, 0.2) is 0 Å². The molecule has 80 valence electrons. The first-order chi connectivity index (χ1) is 6.70. The van der Waals surface area contributed by atoms with Gasteiger partial charge in [0.1, 0.15) is 0 Å². The van der Waals surface area contributed by atoms with E-state index < -0.39 is 0 Å². The maximum atomic E-state index is 11.0. The quantitative estimate of drug-likeness (QED) is 0.470. The second-order valence-electron chi connectivity index (χ2n) is 3.18. The van der Waals surface area contributed by atoms with Gasteiger partial charge in [-0.15, -0.1) is 0 Å². The highest BCUT2D eigenvalue weighted by Gasteiger charge is 2.02. The van der Waals surface area contributed by atoms with E-state index in [2.05, 4.69) is 10.6 Å². The van der Waals surface area contributed by atoms with Crippen LogP contribution in [0.1, 0.15) is 13.3 Å². The number of nitrogens with zero attached hydrogens (tertiary/aromatic N) is 1. The van der Waals surface area contributed by atoms with E-state index in [1.54, 1.807) is 0 Å². The zero-order chi connectivity index (χ0) is 10.8. The average Bonchev–Trinajstić information content (AvgIpc) is 2.18. The molecule has 0 aliphatic rings. The highest BCUT2D eigenvalue weighted by atomic mass is 16.3. The van der Waals surface area contributed by atoms with Crippen molar-refractivity contribution in [2.24, 2.45) is 5.92 Å². The molecule has 0 bridgehead atoms. The van der Waals surface area contributed by atoms with Gasteiger partial charge in [-0.3, -0.25) is 4.79 Å². The van der Waals surface area contributed by atoms with Gasteiger partial charge in [-0.1, -0.05) is 6.92 Å². The van der Waals surface area contributed by atoms with Crippen molar-refractivity contribution in [3.63, 3.8) is 0 Å². The van der Waals surface area contributed by atoms with Crippen LogP contribution < -0.4 is 10.6 Å². The van der Waals surface area contributed by atoms with E-state index in [9.17, 15) is 4.79 Å². The summed E-state index contributed by atoms with van der Waals surface area (Å²) >= 11 is 0. The molecule has 0 spiro atoms. The van der Waals surface area contributed by atoms with Gasteiger partial charge in [0.15, 0.2) is 0 Å². The predicted molar refractivity (Wildman–Crippen MR) is 52.4 cm³/mol. The van der Waals surface area contributed by atoms with Crippen molar-refractivity contribution >= 4 is 5.91 Å². The van der Waals surface area contributed by atoms with Gasteiger partial charge in [-0.2, -0.15) is 5.26 Å². The molecule has 14 heavy (non-hydrogen) atoms. The Morgan fingerprint density at radius 1 is 1.64 bits per heavy atom. The first-order valence-corrected chi connectivity index (χ1v) is 4.66. The number of nitrogens with one attached hydrogen (secondary N) is 2. The number of carbonyl (C=O) groups is 1. The van der Waals surface area contributed by atoms with E-state index in [1.165, 1.54) is 0 Å². The van der Waals surface area contributed by atoms with E-state index in [4.69, 9.17) is 10.4 Å². The molecule has 5 nitrogen and oxygen atoms in total. The molecular weight excluding hydrogens is 182 g/mol. The highest BCUT2D eigenvalue weighted by molar-refractivity contribution is 5.77. The number of hydrogen-bond acceptors (Lipinski definition) is 4. The monoisotopic (exact) mass is 199 g/mol. The summed E-state index contributed by atoms with van der Waals surface area (Å²) < 4.78 is 0. The molecule has 0 heterocycles. The topological polar surface area (TPSA) is 85.2 Å². The molecule has 1 unspecified atom stereocenters. The number of aliphatic hydroxyl groups is 1. The van der Waals surface area contributed by atoms with E-state index >= 15 is 0 Å². The maximum absolute atomic E-state index is 11.0. The van der Waals surface area contributed by atoms with Gasteiger partial charge in [0.25, 0.3) is 0 Å². The lowest BCUT2D eigenvalue weighted by Gasteiger charge is -2.08. The zero-order valence-electron chi connectivity index (χ0n) is 8.42. The number of nitriles is 1. The fourth-order valence-electron chi connectivity index (χ4n) is 0.817. The fourth-order valence-corrected chi connectivity index (χ4v) is 0.817. The Labute approximate surface area is 84.1 Å². The molecule has 1 atom stereocenters. The Morgan fingerprint density at radius 3 is 2.93 bits per heavy atom. The second-order valence-corrected chi connectivity index (χ2v) is 3.18. The Balaban J connectivity index is 3.32. The first kappa shape index (κ1) is 12.9. The van der Waals surface area contributed by atoms with Gasteiger partial charge in [0.2, 0.25) is 5.91 Å². The highest BCUT2D eigenvalue weighted by Crippen LogP contribution is 1.87. The lowest BCUT2D eigenvalue weighted by molar-refractivity contribution is -0.120. The molecular formula is C9H17N3O2. The Bertz CT molecular complexity index is 201.